The quantitative estimate of drug-likeness (QED) is 0.352. The lowest BCUT2D eigenvalue weighted by Gasteiger charge is -2.37. The molecule has 0 unspecified atom stereocenters. The number of ether oxygens (including phenoxy) is 2. The van der Waals surface area contributed by atoms with Gasteiger partial charge in [0, 0.05) is 45.8 Å². The van der Waals surface area contributed by atoms with Gasteiger partial charge >= 0.3 is 0 Å². The average molecular weight is 648 g/mol. The summed E-state index contributed by atoms with van der Waals surface area (Å²) in [6.45, 7) is 2.84. The topological polar surface area (TPSA) is 64.6 Å². The Hall–Kier alpha value is -2.13. The fraction of sp³-hybridized carbons (Fsp3) is 0.357. The number of rotatable bonds is 6. The Bertz CT molecular complexity index is 1210. The van der Waals surface area contributed by atoms with Crippen LogP contribution in [0, 0.1) is 3.57 Å². The van der Waals surface area contributed by atoms with Crippen LogP contribution < -0.4 is 14.8 Å². The summed E-state index contributed by atoms with van der Waals surface area (Å²) in [7, 11) is 0. The molecule has 2 aromatic carbocycles. The van der Waals surface area contributed by atoms with Crippen LogP contribution in [-0.4, -0.2) is 18.2 Å². The van der Waals surface area contributed by atoms with Crippen molar-refractivity contribution in [2.24, 2.45) is 0 Å². The van der Waals surface area contributed by atoms with Crippen molar-refractivity contribution in [1.82, 2.24) is 5.32 Å². The second-order valence-electron chi connectivity index (χ2n) is 9.07. The number of dihydropyridines is 1. The fourth-order valence-electron chi connectivity index (χ4n) is 5.21. The first-order valence-corrected chi connectivity index (χ1v) is 14.0. The molecule has 182 valence electrons. The highest BCUT2D eigenvalue weighted by Gasteiger charge is 2.40. The zero-order valence-corrected chi connectivity index (χ0v) is 23.3. The molecule has 7 heteroatoms. The molecule has 35 heavy (non-hydrogen) atoms. The summed E-state index contributed by atoms with van der Waals surface area (Å²) in [6, 6.07) is 12.0. The van der Waals surface area contributed by atoms with Crippen LogP contribution in [0.25, 0.3) is 0 Å². The van der Waals surface area contributed by atoms with Gasteiger partial charge in [-0.1, -0.05) is 28.1 Å². The van der Waals surface area contributed by atoms with E-state index in [1.165, 1.54) is 0 Å². The lowest BCUT2D eigenvalue weighted by atomic mass is 9.71. The molecule has 5 rings (SSSR count). The maximum atomic E-state index is 13.1. The van der Waals surface area contributed by atoms with E-state index in [1.54, 1.807) is 0 Å². The summed E-state index contributed by atoms with van der Waals surface area (Å²) in [6.07, 6.45) is 4.42. The summed E-state index contributed by atoms with van der Waals surface area (Å²) in [5.74, 6) is 1.24. The van der Waals surface area contributed by atoms with E-state index in [0.717, 1.165) is 67.4 Å². The molecule has 0 aromatic heterocycles. The van der Waals surface area contributed by atoms with E-state index in [-0.39, 0.29) is 17.5 Å². The number of hydrogen-bond donors (Lipinski definition) is 1. The summed E-state index contributed by atoms with van der Waals surface area (Å²) >= 11 is 5.74. The first kappa shape index (κ1) is 24.6. The van der Waals surface area contributed by atoms with Crippen LogP contribution in [0.4, 0.5) is 0 Å². The molecular formula is C28H27BrINO4. The molecule has 1 N–H and O–H groups in total. The van der Waals surface area contributed by atoms with Crippen LogP contribution in [0.1, 0.15) is 62.5 Å². The van der Waals surface area contributed by atoms with Gasteiger partial charge in [0.1, 0.15) is 6.61 Å². The van der Waals surface area contributed by atoms with E-state index in [9.17, 15) is 9.59 Å². The molecule has 2 aromatic rings. The number of carbonyl (C=O) groups excluding carboxylic acids is 2. The highest BCUT2D eigenvalue weighted by molar-refractivity contribution is 14.1. The van der Waals surface area contributed by atoms with Crippen molar-refractivity contribution in [2.45, 2.75) is 58.0 Å². The van der Waals surface area contributed by atoms with Gasteiger partial charge in [-0.15, -0.1) is 0 Å². The molecule has 0 atom stereocenters. The summed E-state index contributed by atoms with van der Waals surface area (Å²) in [5.41, 5.74) is 5.46. The summed E-state index contributed by atoms with van der Waals surface area (Å²) in [5, 5.41) is 3.48. The number of nitrogens with one attached hydrogen (secondary N) is 1. The number of ketones is 2. The molecule has 0 spiro atoms. The van der Waals surface area contributed by atoms with Gasteiger partial charge < -0.3 is 14.8 Å². The van der Waals surface area contributed by atoms with Gasteiger partial charge in [-0.2, -0.15) is 0 Å². The third-order valence-electron chi connectivity index (χ3n) is 6.75. The highest BCUT2D eigenvalue weighted by Crippen LogP contribution is 2.47. The Kier molecular flexibility index (Phi) is 7.34. The van der Waals surface area contributed by atoms with Gasteiger partial charge in [0.15, 0.2) is 23.1 Å². The zero-order valence-electron chi connectivity index (χ0n) is 19.6. The van der Waals surface area contributed by atoms with Crippen molar-refractivity contribution in [3.05, 3.63) is 78.1 Å². The summed E-state index contributed by atoms with van der Waals surface area (Å²) in [4.78, 5) is 26.3. The minimum atomic E-state index is -0.352. The number of Topliss-reactive ketones (excluding diaryl/α,β-unsaturated/α-hetero) is 2. The minimum Gasteiger partial charge on any atom is -0.490 e. The molecule has 0 amide bonds. The van der Waals surface area contributed by atoms with Crippen molar-refractivity contribution in [2.75, 3.05) is 6.61 Å². The zero-order chi connectivity index (χ0) is 24.5. The van der Waals surface area contributed by atoms with Gasteiger partial charge in [-0.3, -0.25) is 9.59 Å². The SMILES string of the molecule is CCOc1cc(C2C3=C(CCCC3=O)NC3=C2C(=O)CCC3)cc(I)c1OCc1ccc(Br)cc1. The van der Waals surface area contributed by atoms with Crippen LogP contribution in [0.5, 0.6) is 11.5 Å². The van der Waals surface area contributed by atoms with E-state index in [0.29, 0.717) is 37.6 Å². The number of halogens is 2. The van der Waals surface area contributed by atoms with Gasteiger partial charge in [0.25, 0.3) is 0 Å². The first-order chi connectivity index (χ1) is 17.0. The van der Waals surface area contributed by atoms with Crippen molar-refractivity contribution in [3.63, 3.8) is 0 Å². The van der Waals surface area contributed by atoms with Gasteiger partial charge in [-0.05, 0) is 90.6 Å². The molecule has 0 bridgehead atoms. The Balaban J connectivity index is 1.56. The standard InChI is InChI=1S/C28H27BrINO4/c1-2-34-24-14-17(13-19(30)28(24)35-15-16-9-11-18(29)12-10-16)25-26-20(5-3-7-22(26)32)31-21-6-4-8-23(33)27(21)25/h9-14,25,31H,2-8,15H2,1H3. The second kappa shape index (κ2) is 10.5. The van der Waals surface area contributed by atoms with Crippen molar-refractivity contribution in [3.8, 4) is 11.5 Å². The van der Waals surface area contributed by atoms with Gasteiger partial charge in [-0.25, -0.2) is 0 Å². The molecule has 1 aliphatic heterocycles. The molecule has 0 radical (unpaired) electrons. The van der Waals surface area contributed by atoms with E-state index in [4.69, 9.17) is 9.47 Å². The van der Waals surface area contributed by atoms with Crippen LogP contribution >= 0.6 is 38.5 Å². The highest BCUT2D eigenvalue weighted by atomic mass is 127. The largest absolute Gasteiger partial charge is 0.490 e. The van der Waals surface area contributed by atoms with Crippen molar-refractivity contribution >= 4 is 50.1 Å². The third kappa shape index (κ3) is 4.94. The fourth-order valence-corrected chi connectivity index (χ4v) is 6.26. The van der Waals surface area contributed by atoms with Crippen LogP contribution in [0.2, 0.25) is 0 Å². The molecule has 2 aliphatic carbocycles. The predicted octanol–water partition coefficient (Wildman–Crippen LogP) is 6.73. The first-order valence-electron chi connectivity index (χ1n) is 12.1. The van der Waals surface area contributed by atoms with Crippen molar-refractivity contribution in [1.29, 1.82) is 0 Å². The molecule has 5 nitrogen and oxygen atoms in total. The summed E-state index contributed by atoms with van der Waals surface area (Å²) < 4.78 is 14.2. The lowest BCUT2D eigenvalue weighted by molar-refractivity contribution is -0.116. The van der Waals surface area contributed by atoms with Crippen LogP contribution in [-0.2, 0) is 16.2 Å². The van der Waals surface area contributed by atoms with E-state index in [1.807, 2.05) is 37.3 Å². The number of allylic oxidation sites excluding steroid dienone is 4. The van der Waals surface area contributed by atoms with Crippen molar-refractivity contribution < 1.29 is 19.1 Å². The average Bonchev–Trinajstić information content (AvgIpc) is 2.84. The Morgan fingerprint density at radius 3 is 2.17 bits per heavy atom. The molecule has 0 fully saturated rings. The van der Waals surface area contributed by atoms with E-state index in [2.05, 4.69) is 49.9 Å². The van der Waals surface area contributed by atoms with Crippen LogP contribution in [0.3, 0.4) is 0 Å². The van der Waals surface area contributed by atoms with Gasteiger partial charge in [0.2, 0.25) is 0 Å². The second-order valence-corrected chi connectivity index (χ2v) is 11.2. The Morgan fingerprint density at radius 1 is 0.943 bits per heavy atom. The molecule has 0 saturated carbocycles. The number of benzene rings is 2. The van der Waals surface area contributed by atoms with E-state index >= 15 is 0 Å². The Morgan fingerprint density at radius 2 is 1.57 bits per heavy atom. The molecule has 0 saturated heterocycles. The van der Waals surface area contributed by atoms with E-state index < -0.39 is 0 Å². The molecule has 3 aliphatic rings. The monoisotopic (exact) mass is 647 g/mol. The molecular weight excluding hydrogens is 621 g/mol. The number of carbonyl (C=O) groups is 2. The number of hydrogen-bond acceptors (Lipinski definition) is 5. The third-order valence-corrected chi connectivity index (χ3v) is 8.08. The minimum absolute atomic E-state index is 0.136. The lowest BCUT2D eigenvalue weighted by Crippen LogP contribution is -2.36. The molecule has 1 heterocycles. The normalized spacial score (nSPS) is 18.3. The maximum Gasteiger partial charge on any atom is 0.174 e. The predicted molar refractivity (Wildman–Crippen MR) is 146 cm³/mol. The van der Waals surface area contributed by atoms with Gasteiger partial charge in [0.05, 0.1) is 10.2 Å². The Labute approximate surface area is 227 Å². The van der Waals surface area contributed by atoms with Crippen LogP contribution in [0.15, 0.2) is 63.4 Å². The smallest absolute Gasteiger partial charge is 0.174 e. The maximum absolute atomic E-state index is 13.1.